The summed E-state index contributed by atoms with van der Waals surface area (Å²) in [7, 11) is 1.59. The van der Waals surface area contributed by atoms with Crippen LogP contribution in [0.2, 0.25) is 0 Å². The topological polar surface area (TPSA) is 67.2 Å². The fourth-order valence-electron chi connectivity index (χ4n) is 3.36. The van der Waals surface area contributed by atoms with Crippen LogP contribution in [0.25, 0.3) is 5.69 Å². The van der Waals surface area contributed by atoms with Gasteiger partial charge in [0, 0.05) is 24.8 Å². The van der Waals surface area contributed by atoms with Crippen molar-refractivity contribution in [1.82, 2.24) is 20.0 Å². The fourth-order valence-corrected chi connectivity index (χ4v) is 3.36. The first kappa shape index (κ1) is 22.9. The zero-order valence-electron chi connectivity index (χ0n) is 16.0. The minimum Gasteiger partial charge on any atom is -0.337 e. The molecule has 29 heavy (non-hydrogen) atoms. The molecule has 0 radical (unpaired) electrons. The Morgan fingerprint density at radius 1 is 1.24 bits per heavy atom. The van der Waals surface area contributed by atoms with Gasteiger partial charge in [-0.1, -0.05) is 12.1 Å². The molecular formula is C19H22ClF3N4O2. The number of nitrogens with zero attached hydrogens (tertiary/aromatic N) is 3. The van der Waals surface area contributed by atoms with Crippen molar-refractivity contribution >= 4 is 18.3 Å². The Kier molecular flexibility index (Phi) is 7.07. The molecule has 158 valence electrons. The lowest BCUT2D eigenvalue weighted by molar-refractivity contribution is -0.137. The van der Waals surface area contributed by atoms with Crippen molar-refractivity contribution in [3.8, 4) is 5.69 Å². The van der Waals surface area contributed by atoms with Crippen LogP contribution in [0.4, 0.5) is 13.2 Å². The van der Waals surface area contributed by atoms with Gasteiger partial charge in [0.1, 0.15) is 0 Å². The molecule has 6 nitrogen and oxygen atoms in total. The molecule has 1 aliphatic rings. The fraction of sp³-hybridized carbons (Fsp3) is 0.421. The molecule has 3 rings (SSSR count). The molecule has 0 aliphatic carbocycles. The molecule has 1 fully saturated rings. The van der Waals surface area contributed by atoms with Crippen molar-refractivity contribution in [2.24, 2.45) is 0 Å². The van der Waals surface area contributed by atoms with Gasteiger partial charge in [-0.05, 0) is 45.0 Å². The molecule has 0 spiro atoms. The maximum Gasteiger partial charge on any atom is 0.418 e. The van der Waals surface area contributed by atoms with Gasteiger partial charge in [0.15, 0.2) is 5.69 Å². The third kappa shape index (κ3) is 4.79. The largest absolute Gasteiger partial charge is 0.418 e. The van der Waals surface area contributed by atoms with Crippen LogP contribution in [-0.2, 0) is 6.18 Å². The van der Waals surface area contributed by atoms with Gasteiger partial charge in [-0.3, -0.25) is 9.59 Å². The number of halogens is 4. The maximum atomic E-state index is 13.4. The predicted molar refractivity (Wildman–Crippen MR) is 105 cm³/mol. The van der Waals surface area contributed by atoms with Crippen molar-refractivity contribution in [3.63, 3.8) is 0 Å². The van der Waals surface area contributed by atoms with Gasteiger partial charge < -0.3 is 10.2 Å². The molecule has 2 aromatic rings. The molecule has 1 saturated heterocycles. The lowest BCUT2D eigenvalue weighted by Gasteiger charge is -2.31. The minimum atomic E-state index is -4.59. The molecule has 1 aliphatic heterocycles. The minimum absolute atomic E-state index is 0. The third-order valence-electron chi connectivity index (χ3n) is 4.92. The second kappa shape index (κ2) is 8.96. The Morgan fingerprint density at radius 2 is 1.86 bits per heavy atom. The zero-order valence-corrected chi connectivity index (χ0v) is 16.8. The molecule has 0 saturated carbocycles. The van der Waals surface area contributed by atoms with E-state index in [9.17, 15) is 22.8 Å². The average Bonchev–Trinajstić information content (AvgIpc) is 2.67. The number of piperidine rings is 1. The molecule has 1 aromatic heterocycles. The highest BCUT2D eigenvalue weighted by Crippen LogP contribution is 2.33. The molecule has 2 heterocycles. The second-order valence-corrected chi connectivity index (χ2v) is 6.82. The van der Waals surface area contributed by atoms with Gasteiger partial charge in [-0.15, -0.1) is 12.4 Å². The van der Waals surface area contributed by atoms with Gasteiger partial charge in [-0.25, -0.2) is 4.68 Å². The van der Waals surface area contributed by atoms with Gasteiger partial charge in [0.05, 0.1) is 11.3 Å². The van der Waals surface area contributed by atoms with E-state index in [1.54, 1.807) is 7.05 Å². The summed E-state index contributed by atoms with van der Waals surface area (Å²) >= 11 is 0. The monoisotopic (exact) mass is 430 g/mol. The number of carbonyl (C=O) groups is 1. The summed E-state index contributed by atoms with van der Waals surface area (Å²) in [5.74, 6) is -0.588. The van der Waals surface area contributed by atoms with Crippen LogP contribution < -0.4 is 10.7 Å². The Labute approximate surface area is 172 Å². The van der Waals surface area contributed by atoms with Gasteiger partial charge in [-0.2, -0.15) is 18.3 Å². The number of hydrogen-bond donors (Lipinski definition) is 1. The first-order valence-corrected chi connectivity index (χ1v) is 8.95. The number of hydrogen-bond acceptors (Lipinski definition) is 4. The summed E-state index contributed by atoms with van der Waals surface area (Å²) < 4.78 is 41.2. The number of para-hydroxylation sites is 1. The molecule has 0 unspecified atom stereocenters. The molecule has 1 N–H and O–H groups in total. The number of alkyl halides is 3. The maximum absolute atomic E-state index is 13.4. The number of amides is 1. The van der Waals surface area contributed by atoms with E-state index >= 15 is 0 Å². The van der Waals surface area contributed by atoms with Gasteiger partial charge >= 0.3 is 6.18 Å². The number of carbonyl (C=O) groups excluding carboxylic acids is 1. The summed E-state index contributed by atoms with van der Waals surface area (Å²) in [6, 6.07) is 6.03. The Hall–Kier alpha value is -2.39. The zero-order chi connectivity index (χ0) is 20.5. The normalized spacial score (nSPS) is 14.9. The van der Waals surface area contributed by atoms with E-state index in [0.29, 0.717) is 0 Å². The quantitative estimate of drug-likeness (QED) is 0.813. The average molecular weight is 431 g/mol. The molecule has 1 aromatic carbocycles. The molecule has 10 heteroatoms. The first-order chi connectivity index (χ1) is 13.2. The van der Waals surface area contributed by atoms with E-state index in [2.05, 4.69) is 10.4 Å². The standard InChI is InChI=1S/C19H21F3N4O2.ClH/c1-12-11-16(27)17(18(28)25(2)13-7-9-23-10-8-13)24-26(12)15-6-4-3-5-14(15)19(20,21)22;/h3-6,11,13,23H,7-10H2,1-2H3;1H. The number of rotatable bonds is 3. The molecular weight excluding hydrogens is 409 g/mol. The van der Waals surface area contributed by atoms with E-state index in [1.807, 2.05) is 0 Å². The lowest BCUT2D eigenvalue weighted by atomic mass is 10.0. The highest BCUT2D eigenvalue weighted by Gasteiger charge is 2.34. The van der Waals surface area contributed by atoms with Gasteiger partial charge in [0.2, 0.25) is 5.43 Å². The molecule has 0 bridgehead atoms. The van der Waals surface area contributed by atoms with Crippen molar-refractivity contribution in [3.05, 3.63) is 57.5 Å². The first-order valence-electron chi connectivity index (χ1n) is 8.95. The van der Waals surface area contributed by atoms with Crippen molar-refractivity contribution in [2.45, 2.75) is 32.0 Å². The highest BCUT2D eigenvalue weighted by molar-refractivity contribution is 5.92. The second-order valence-electron chi connectivity index (χ2n) is 6.82. The van der Waals surface area contributed by atoms with Crippen LogP contribution in [0, 0.1) is 6.92 Å². The molecule has 1 amide bonds. The van der Waals surface area contributed by atoms with Crippen molar-refractivity contribution < 1.29 is 18.0 Å². The van der Waals surface area contributed by atoms with Crippen LogP contribution in [-0.4, -0.2) is 46.8 Å². The smallest absolute Gasteiger partial charge is 0.337 e. The van der Waals surface area contributed by atoms with Crippen LogP contribution >= 0.6 is 12.4 Å². The van der Waals surface area contributed by atoms with Gasteiger partial charge in [0.25, 0.3) is 5.91 Å². The van der Waals surface area contributed by atoms with E-state index in [1.165, 1.54) is 30.0 Å². The third-order valence-corrected chi connectivity index (χ3v) is 4.92. The van der Waals surface area contributed by atoms with Crippen molar-refractivity contribution in [1.29, 1.82) is 0 Å². The summed E-state index contributed by atoms with van der Waals surface area (Å²) in [5, 5.41) is 7.22. The summed E-state index contributed by atoms with van der Waals surface area (Å²) in [6.07, 6.45) is -3.12. The Bertz CT molecular complexity index is 940. The van der Waals surface area contributed by atoms with E-state index < -0.39 is 23.1 Å². The van der Waals surface area contributed by atoms with E-state index in [4.69, 9.17) is 0 Å². The lowest BCUT2D eigenvalue weighted by Crippen LogP contribution is -2.45. The SMILES string of the molecule is Cc1cc(=O)c(C(=O)N(C)C2CCNCC2)nn1-c1ccccc1C(F)(F)F.Cl. The van der Waals surface area contributed by atoms with Crippen LogP contribution in [0.1, 0.15) is 34.6 Å². The Morgan fingerprint density at radius 3 is 2.48 bits per heavy atom. The summed E-state index contributed by atoms with van der Waals surface area (Å²) in [5.41, 5.74) is -1.90. The van der Waals surface area contributed by atoms with Crippen LogP contribution in [0.5, 0.6) is 0 Å². The van der Waals surface area contributed by atoms with E-state index in [-0.39, 0.29) is 35.5 Å². The summed E-state index contributed by atoms with van der Waals surface area (Å²) in [4.78, 5) is 26.7. The highest BCUT2D eigenvalue weighted by atomic mass is 35.5. The Balaban J connectivity index is 0.00000300. The summed E-state index contributed by atoms with van der Waals surface area (Å²) in [6.45, 7) is 2.99. The molecule has 0 atom stereocenters. The number of aromatic nitrogens is 2. The van der Waals surface area contributed by atoms with E-state index in [0.717, 1.165) is 42.7 Å². The van der Waals surface area contributed by atoms with Crippen molar-refractivity contribution in [2.75, 3.05) is 20.1 Å². The predicted octanol–water partition coefficient (Wildman–Crippen LogP) is 2.81. The number of nitrogens with one attached hydrogen (secondary N) is 1. The van der Waals surface area contributed by atoms with Crippen LogP contribution in [0.3, 0.4) is 0 Å². The number of benzene rings is 1. The number of aryl methyl sites for hydroxylation is 1. The van der Waals surface area contributed by atoms with Crippen LogP contribution in [0.15, 0.2) is 35.1 Å².